The number of aromatic nitrogens is 1. The number of pyridine rings is 1. The first-order chi connectivity index (χ1) is 23.1. The van der Waals surface area contributed by atoms with Gasteiger partial charge in [0, 0.05) is 32.6 Å². The second kappa shape index (κ2) is 14.9. The molecule has 1 aliphatic heterocycles. The van der Waals surface area contributed by atoms with Gasteiger partial charge in [-0.25, -0.2) is 21.1 Å². The molecule has 2 fully saturated rings. The molecule has 12 nitrogen and oxygen atoms in total. The lowest BCUT2D eigenvalue weighted by Gasteiger charge is -2.26. The number of rotatable bonds is 14. The van der Waals surface area contributed by atoms with Crippen molar-refractivity contribution < 1.29 is 49.4 Å². The van der Waals surface area contributed by atoms with E-state index in [1.807, 2.05) is 0 Å². The van der Waals surface area contributed by atoms with Crippen molar-refractivity contribution in [2.24, 2.45) is 5.92 Å². The standard InChI is InChI=1S/C31H33Cl2F2N3O9S2/c1-36(2)48(41,42)21-5-3-6-22(14-21)49(43,44)38-12-4-7-26(38)30(39)46-28(15-23-24(32)16-37(40)17-25(23)33)20-10-11-27(47-31(34)35)29(13-20)45-18-19-8-9-19/h3,5-6,10-11,13-14,16-17,19,26,28,31H,4,7-9,12,15,18H2,1-2H3/t26-,28-/m0/s1. The van der Waals surface area contributed by atoms with Crippen LogP contribution in [0, 0.1) is 11.1 Å². The van der Waals surface area contributed by atoms with Crippen molar-refractivity contribution in [3.63, 3.8) is 0 Å². The van der Waals surface area contributed by atoms with E-state index in [4.69, 9.17) is 32.7 Å². The van der Waals surface area contributed by atoms with Crippen molar-refractivity contribution in [3.05, 3.63) is 81.2 Å². The lowest BCUT2D eigenvalue weighted by atomic mass is 10.0. The van der Waals surface area contributed by atoms with E-state index in [1.165, 1.54) is 50.5 Å². The van der Waals surface area contributed by atoms with Crippen LogP contribution in [0.1, 0.15) is 42.9 Å². The fourth-order valence-electron chi connectivity index (χ4n) is 5.29. The molecule has 266 valence electrons. The molecular weight excluding hydrogens is 731 g/mol. The largest absolute Gasteiger partial charge is 0.619 e. The Bertz CT molecular complexity index is 1910. The highest BCUT2D eigenvalue weighted by Crippen LogP contribution is 2.39. The van der Waals surface area contributed by atoms with Crippen LogP contribution in [-0.2, 0) is 36.0 Å². The van der Waals surface area contributed by atoms with Gasteiger partial charge >= 0.3 is 12.6 Å². The first-order valence-corrected chi connectivity index (χ1v) is 18.7. The van der Waals surface area contributed by atoms with E-state index in [0.29, 0.717) is 11.2 Å². The van der Waals surface area contributed by atoms with Crippen LogP contribution in [-0.4, -0.2) is 71.3 Å². The van der Waals surface area contributed by atoms with Crippen LogP contribution in [0.2, 0.25) is 10.0 Å². The quantitative estimate of drug-likeness (QED) is 0.127. The number of carbonyl (C=O) groups excluding carboxylic acids is 1. The topological polar surface area (TPSA) is 146 Å². The van der Waals surface area contributed by atoms with Crippen LogP contribution in [0.5, 0.6) is 11.5 Å². The van der Waals surface area contributed by atoms with Crippen LogP contribution in [0.25, 0.3) is 0 Å². The minimum atomic E-state index is -4.39. The third kappa shape index (κ3) is 8.55. The smallest absolute Gasteiger partial charge is 0.387 e. The molecule has 0 amide bonds. The molecule has 2 aromatic carbocycles. The van der Waals surface area contributed by atoms with Gasteiger partial charge in [-0.1, -0.05) is 35.3 Å². The predicted octanol–water partition coefficient (Wildman–Crippen LogP) is 4.95. The first-order valence-electron chi connectivity index (χ1n) is 15.1. The van der Waals surface area contributed by atoms with E-state index in [9.17, 15) is 35.6 Å². The van der Waals surface area contributed by atoms with E-state index >= 15 is 0 Å². The van der Waals surface area contributed by atoms with Crippen LogP contribution >= 0.6 is 23.2 Å². The lowest BCUT2D eigenvalue weighted by Crippen LogP contribution is -2.42. The number of hydrogen-bond acceptors (Lipinski definition) is 9. The number of hydrogen-bond donors (Lipinski definition) is 0. The minimum absolute atomic E-state index is 0.0222. The van der Waals surface area contributed by atoms with Crippen molar-refractivity contribution in [2.75, 3.05) is 27.2 Å². The summed E-state index contributed by atoms with van der Waals surface area (Å²) in [5, 5.41) is 11.8. The molecule has 2 aliphatic rings. The molecule has 1 aromatic heterocycles. The molecule has 0 spiro atoms. The summed E-state index contributed by atoms with van der Waals surface area (Å²) in [4.78, 5) is 13.3. The Hall–Kier alpha value is -3.28. The van der Waals surface area contributed by atoms with Crippen molar-refractivity contribution in [1.82, 2.24) is 8.61 Å². The molecule has 2 atom stereocenters. The predicted molar refractivity (Wildman–Crippen MR) is 173 cm³/mol. The highest BCUT2D eigenvalue weighted by atomic mass is 35.5. The molecule has 18 heteroatoms. The lowest BCUT2D eigenvalue weighted by molar-refractivity contribution is -0.605. The maximum Gasteiger partial charge on any atom is 0.387 e. The van der Waals surface area contributed by atoms with Crippen molar-refractivity contribution in [1.29, 1.82) is 0 Å². The molecule has 0 radical (unpaired) electrons. The van der Waals surface area contributed by atoms with Gasteiger partial charge in [0.05, 0.1) is 16.4 Å². The van der Waals surface area contributed by atoms with E-state index in [-0.39, 0.29) is 74.4 Å². The monoisotopic (exact) mass is 763 g/mol. The molecule has 1 saturated carbocycles. The number of halogens is 4. The first kappa shape index (κ1) is 37.0. The maximum absolute atomic E-state index is 13.9. The number of esters is 1. The molecule has 49 heavy (non-hydrogen) atoms. The van der Waals surface area contributed by atoms with E-state index in [0.717, 1.165) is 39.9 Å². The third-order valence-electron chi connectivity index (χ3n) is 8.10. The molecule has 1 saturated heterocycles. The molecule has 0 unspecified atom stereocenters. The fourth-order valence-corrected chi connectivity index (χ4v) is 8.60. The number of carbonyl (C=O) groups is 1. The molecular formula is C31H33Cl2F2N3O9S2. The molecule has 3 aromatic rings. The van der Waals surface area contributed by atoms with Gasteiger partial charge in [0.25, 0.3) is 0 Å². The van der Waals surface area contributed by atoms with Gasteiger partial charge in [0.1, 0.15) is 22.2 Å². The second-order valence-corrected chi connectivity index (χ2v) is 16.7. The Morgan fingerprint density at radius 2 is 1.69 bits per heavy atom. The Kier molecular flexibility index (Phi) is 11.3. The van der Waals surface area contributed by atoms with Crippen molar-refractivity contribution >= 4 is 49.2 Å². The van der Waals surface area contributed by atoms with Gasteiger partial charge in [-0.05, 0) is 67.5 Å². The summed E-state index contributed by atoms with van der Waals surface area (Å²) in [6, 6.07) is 7.55. The SMILES string of the molecule is CN(C)S(=O)(=O)c1cccc(S(=O)(=O)N2CCC[C@H]2C(=O)O[C@@H](Cc2c(Cl)c[n+]([O-])cc2Cl)c2ccc(OC(F)F)c(OCC3CC3)c2)c1. The zero-order chi connectivity index (χ0) is 35.7. The van der Waals surface area contributed by atoms with Gasteiger partial charge < -0.3 is 19.4 Å². The average Bonchev–Trinajstić information content (AvgIpc) is 3.73. The Morgan fingerprint density at radius 3 is 2.33 bits per heavy atom. The summed E-state index contributed by atoms with van der Waals surface area (Å²) in [6.07, 6.45) is 2.96. The normalized spacial score (nSPS) is 17.8. The minimum Gasteiger partial charge on any atom is -0.619 e. The number of benzene rings is 2. The van der Waals surface area contributed by atoms with E-state index in [2.05, 4.69) is 4.74 Å². The van der Waals surface area contributed by atoms with Crippen LogP contribution in [0.4, 0.5) is 8.78 Å². The molecule has 0 bridgehead atoms. The molecule has 1 aliphatic carbocycles. The maximum atomic E-state index is 13.9. The fraction of sp³-hybridized carbons (Fsp3) is 0.419. The molecule has 2 heterocycles. The summed E-state index contributed by atoms with van der Waals surface area (Å²) in [5.74, 6) is -0.930. The van der Waals surface area contributed by atoms with Gasteiger partial charge in [0.15, 0.2) is 23.9 Å². The van der Waals surface area contributed by atoms with Gasteiger partial charge in [-0.3, -0.25) is 4.79 Å². The summed E-state index contributed by atoms with van der Waals surface area (Å²) >= 11 is 12.7. The van der Waals surface area contributed by atoms with Gasteiger partial charge in [0.2, 0.25) is 20.0 Å². The van der Waals surface area contributed by atoms with Gasteiger partial charge in [-0.15, -0.1) is 0 Å². The third-order valence-corrected chi connectivity index (χ3v) is 12.5. The van der Waals surface area contributed by atoms with Crippen LogP contribution in [0.15, 0.2) is 64.6 Å². The zero-order valence-electron chi connectivity index (χ0n) is 26.3. The number of sulfonamides is 2. The number of ether oxygens (including phenoxy) is 3. The van der Waals surface area contributed by atoms with Crippen molar-refractivity contribution in [2.45, 2.75) is 60.7 Å². The summed E-state index contributed by atoms with van der Waals surface area (Å²) in [7, 11) is -5.72. The molecule has 5 rings (SSSR count). The Labute approximate surface area is 292 Å². The van der Waals surface area contributed by atoms with E-state index in [1.54, 1.807) is 0 Å². The second-order valence-electron chi connectivity index (χ2n) is 11.8. The van der Waals surface area contributed by atoms with Crippen LogP contribution in [0.3, 0.4) is 0 Å². The Morgan fingerprint density at radius 1 is 1.02 bits per heavy atom. The number of nitrogens with zero attached hydrogens (tertiary/aromatic N) is 3. The molecule has 0 N–H and O–H groups in total. The highest BCUT2D eigenvalue weighted by Gasteiger charge is 2.42. The summed E-state index contributed by atoms with van der Waals surface area (Å²) in [5.41, 5.74) is 0.497. The zero-order valence-corrected chi connectivity index (χ0v) is 29.4. The van der Waals surface area contributed by atoms with Crippen molar-refractivity contribution in [3.8, 4) is 11.5 Å². The number of alkyl halides is 2. The summed E-state index contributed by atoms with van der Waals surface area (Å²) < 4.78 is 98.2. The van der Waals surface area contributed by atoms with Gasteiger partial charge in [-0.2, -0.15) is 17.8 Å². The Balaban J connectivity index is 1.48. The van der Waals surface area contributed by atoms with E-state index < -0.39 is 44.8 Å². The summed E-state index contributed by atoms with van der Waals surface area (Å²) in [6.45, 7) is -2.93. The average molecular weight is 765 g/mol. The highest BCUT2D eigenvalue weighted by molar-refractivity contribution is 7.90. The van der Waals surface area contributed by atoms with Crippen LogP contribution < -0.4 is 14.2 Å².